The Morgan fingerprint density at radius 1 is 1.32 bits per heavy atom. The average Bonchev–Trinajstić information content (AvgIpc) is 2.75. The molecule has 1 aliphatic carbocycles. The number of thiophene rings is 1. The monoisotopic (exact) mass is 344 g/mol. The third kappa shape index (κ3) is 3.60. The molecule has 2 nitrogen and oxygen atoms in total. The Kier molecular flexibility index (Phi) is 4.76. The Bertz CT molecular complexity index is 418. The highest BCUT2D eigenvalue weighted by atomic mass is 79.9. The molecule has 4 heteroatoms. The third-order valence-corrected chi connectivity index (χ3v) is 6.32. The lowest BCUT2D eigenvalue weighted by Gasteiger charge is -2.48. The van der Waals surface area contributed by atoms with Crippen LogP contribution in [0.3, 0.4) is 0 Å². The van der Waals surface area contributed by atoms with E-state index in [1.54, 1.807) is 11.3 Å². The van der Waals surface area contributed by atoms with E-state index in [-0.39, 0.29) is 5.54 Å². The van der Waals surface area contributed by atoms with Gasteiger partial charge in [-0.3, -0.25) is 4.90 Å². The highest BCUT2D eigenvalue weighted by molar-refractivity contribution is 9.11. The van der Waals surface area contributed by atoms with Crippen molar-refractivity contribution in [3.8, 4) is 0 Å². The van der Waals surface area contributed by atoms with Crippen LogP contribution in [0.5, 0.6) is 0 Å². The number of rotatable bonds is 4. The van der Waals surface area contributed by atoms with Crippen molar-refractivity contribution >= 4 is 27.3 Å². The maximum Gasteiger partial charge on any atom is 0.0701 e. The molecule has 0 unspecified atom stereocenters. The summed E-state index contributed by atoms with van der Waals surface area (Å²) in [7, 11) is 2.23. The normalized spacial score (nSPS) is 21.8. The fourth-order valence-corrected chi connectivity index (χ4v) is 4.20. The summed E-state index contributed by atoms with van der Waals surface area (Å²) in [6.07, 6.45) is 5.00. The SMILES string of the molecule is CN(Cc1csc(Br)c1)C1(CN)CCC(C)(C)CC1. The van der Waals surface area contributed by atoms with Gasteiger partial charge in [-0.15, -0.1) is 11.3 Å². The van der Waals surface area contributed by atoms with Crippen LogP contribution in [0.1, 0.15) is 45.1 Å². The molecule has 0 bridgehead atoms. The van der Waals surface area contributed by atoms with Gasteiger partial charge in [-0.25, -0.2) is 0 Å². The van der Waals surface area contributed by atoms with Crippen LogP contribution in [0.4, 0.5) is 0 Å². The molecule has 1 heterocycles. The van der Waals surface area contributed by atoms with Gasteiger partial charge in [0.1, 0.15) is 0 Å². The topological polar surface area (TPSA) is 29.3 Å². The van der Waals surface area contributed by atoms with Gasteiger partial charge < -0.3 is 5.73 Å². The summed E-state index contributed by atoms with van der Waals surface area (Å²) in [4.78, 5) is 2.48. The predicted octanol–water partition coefficient (Wildman–Crippen LogP) is 4.24. The Labute approximate surface area is 129 Å². The molecule has 0 amide bonds. The van der Waals surface area contributed by atoms with Crippen molar-refractivity contribution in [3.63, 3.8) is 0 Å². The number of hydrogen-bond donors (Lipinski definition) is 1. The summed E-state index contributed by atoms with van der Waals surface area (Å²) >= 11 is 5.30. The zero-order valence-electron chi connectivity index (χ0n) is 12.2. The summed E-state index contributed by atoms with van der Waals surface area (Å²) in [6.45, 7) is 6.53. The van der Waals surface area contributed by atoms with Crippen LogP contribution in [0.25, 0.3) is 0 Å². The van der Waals surface area contributed by atoms with Gasteiger partial charge in [0.2, 0.25) is 0 Å². The number of nitrogens with zero attached hydrogens (tertiary/aromatic N) is 1. The van der Waals surface area contributed by atoms with Crippen molar-refractivity contribution in [2.45, 2.75) is 51.6 Å². The Morgan fingerprint density at radius 3 is 2.42 bits per heavy atom. The standard InChI is InChI=1S/C15H25BrN2S/c1-14(2)4-6-15(11-17,7-5-14)18(3)9-12-8-13(16)19-10-12/h8,10H,4-7,9,11,17H2,1-3H3. The molecule has 1 aromatic heterocycles. The first-order valence-electron chi connectivity index (χ1n) is 7.01. The summed E-state index contributed by atoms with van der Waals surface area (Å²) in [6, 6.07) is 2.22. The molecule has 1 aliphatic rings. The van der Waals surface area contributed by atoms with Crippen LogP contribution in [-0.4, -0.2) is 24.0 Å². The number of likely N-dealkylation sites (N-methyl/N-ethyl adjacent to an activating group) is 1. The van der Waals surface area contributed by atoms with Gasteiger partial charge in [-0.1, -0.05) is 13.8 Å². The lowest BCUT2D eigenvalue weighted by Crippen LogP contribution is -2.54. The minimum Gasteiger partial charge on any atom is -0.329 e. The quantitative estimate of drug-likeness (QED) is 0.884. The van der Waals surface area contributed by atoms with E-state index in [2.05, 4.69) is 53.2 Å². The zero-order valence-corrected chi connectivity index (χ0v) is 14.6. The fourth-order valence-electron chi connectivity index (χ4n) is 3.00. The molecule has 0 spiro atoms. The second-order valence-electron chi connectivity index (χ2n) is 6.71. The van der Waals surface area contributed by atoms with E-state index >= 15 is 0 Å². The molecule has 0 radical (unpaired) electrons. The molecule has 1 fully saturated rings. The number of halogens is 1. The Balaban J connectivity index is 2.05. The zero-order chi connectivity index (χ0) is 14.1. The van der Waals surface area contributed by atoms with Gasteiger partial charge in [0.05, 0.1) is 3.79 Å². The van der Waals surface area contributed by atoms with E-state index in [0.29, 0.717) is 5.41 Å². The van der Waals surface area contributed by atoms with E-state index in [9.17, 15) is 0 Å². The minimum absolute atomic E-state index is 0.198. The third-order valence-electron chi connectivity index (χ3n) is 4.77. The average molecular weight is 345 g/mol. The van der Waals surface area contributed by atoms with Gasteiger partial charge in [-0.2, -0.15) is 0 Å². The second kappa shape index (κ2) is 5.84. The first-order chi connectivity index (χ1) is 8.87. The molecule has 1 aromatic rings. The molecule has 0 atom stereocenters. The second-order valence-corrected chi connectivity index (χ2v) is 9.00. The van der Waals surface area contributed by atoms with E-state index in [0.717, 1.165) is 13.1 Å². The van der Waals surface area contributed by atoms with Crippen molar-refractivity contribution in [1.29, 1.82) is 0 Å². The summed E-state index contributed by atoms with van der Waals surface area (Å²) in [5.74, 6) is 0. The van der Waals surface area contributed by atoms with Crippen LogP contribution >= 0.6 is 27.3 Å². The molecule has 1 saturated carbocycles. The number of nitrogens with two attached hydrogens (primary N) is 1. The van der Waals surface area contributed by atoms with Gasteiger partial charge in [0.15, 0.2) is 0 Å². The molecule has 2 N–H and O–H groups in total. The molecule has 0 aromatic carbocycles. The lowest BCUT2D eigenvalue weighted by atomic mass is 9.69. The molecule has 0 saturated heterocycles. The first kappa shape index (κ1) is 15.5. The first-order valence-corrected chi connectivity index (χ1v) is 8.68. The van der Waals surface area contributed by atoms with E-state index in [1.165, 1.54) is 35.0 Å². The fraction of sp³-hybridized carbons (Fsp3) is 0.733. The van der Waals surface area contributed by atoms with Gasteiger partial charge in [0, 0.05) is 18.6 Å². The molecular formula is C15H25BrN2S. The van der Waals surface area contributed by atoms with Gasteiger partial charge >= 0.3 is 0 Å². The van der Waals surface area contributed by atoms with Crippen molar-refractivity contribution < 1.29 is 0 Å². The summed E-state index contributed by atoms with van der Waals surface area (Å²) in [5, 5.41) is 2.23. The summed E-state index contributed by atoms with van der Waals surface area (Å²) in [5.41, 5.74) is 8.21. The van der Waals surface area contributed by atoms with E-state index in [1.807, 2.05) is 0 Å². The molecular weight excluding hydrogens is 320 g/mol. The Morgan fingerprint density at radius 2 is 1.95 bits per heavy atom. The van der Waals surface area contributed by atoms with Crippen LogP contribution < -0.4 is 5.73 Å². The largest absolute Gasteiger partial charge is 0.329 e. The van der Waals surface area contributed by atoms with Crippen molar-refractivity contribution in [2.75, 3.05) is 13.6 Å². The maximum atomic E-state index is 6.14. The predicted molar refractivity (Wildman–Crippen MR) is 87.5 cm³/mol. The molecule has 0 aliphatic heterocycles. The minimum atomic E-state index is 0.198. The van der Waals surface area contributed by atoms with Crippen molar-refractivity contribution in [2.24, 2.45) is 11.1 Å². The smallest absolute Gasteiger partial charge is 0.0701 e. The van der Waals surface area contributed by atoms with Gasteiger partial charge in [-0.05, 0) is 71.1 Å². The highest BCUT2D eigenvalue weighted by Crippen LogP contribution is 2.42. The van der Waals surface area contributed by atoms with Crippen LogP contribution in [0, 0.1) is 5.41 Å². The molecule has 108 valence electrons. The highest BCUT2D eigenvalue weighted by Gasteiger charge is 2.40. The molecule has 19 heavy (non-hydrogen) atoms. The lowest BCUT2D eigenvalue weighted by molar-refractivity contribution is 0.0365. The summed E-state index contributed by atoms with van der Waals surface area (Å²) < 4.78 is 1.21. The Hall–Kier alpha value is 0.1000. The van der Waals surface area contributed by atoms with E-state index < -0.39 is 0 Å². The van der Waals surface area contributed by atoms with Crippen molar-refractivity contribution in [3.05, 3.63) is 20.8 Å². The van der Waals surface area contributed by atoms with Crippen LogP contribution in [0.15, 0.2) is 15.2 Å². The number of hydrogen-bond acceptors (Lipinski definition) is 3. The molecule has 2 rings (SSSR count). The van der Waals surface area contributed by atoms with E-state index in [4.69, 9.17) is 5.73 Å². The maximum absolute atomic E-state index is 6.14. The van der Waals surface area contributed by atoms with Crippen molar-refractivity contribution in [1.82, 2.24) is 4.90 Å². The van der Waals surface area contributed by atoms with Crippen LogP contribution in [-0.2, 0) is 6.54 Å². The van der Waals surface area contributed by atoms with Crippen LogP contribution in [0.2, 0.25) is 0 Å². The van der Waals surface area contributed by atoms with Gasteiger partial charge in [0.25, 0.3) is 0 Å².